The Bertz CT molecular complexity index is 3130. The Morgan fingerprint density at radius 2 is 1.70 bits per heavy atom. The number of rotatable bonds is 17. The Hall–Kier alpha value is -6.60. The number of aldehydes is 3. The number of likely N-dealkylation sites (N-methyl/N-ethyl adjacent to an activating group) is 1. The van der Waals surface area contributed by atoms with Gasteiger partial charge >= 0.3 is 6.01 Å². The van der Waals surface area contributed by atoms with Crippen LogP contribution in [-0.4, -0.2) is 133 Å². The molecule has 13 nitrogen and oxygen atoms in total. The molecular weight excluding hydrogens is 927 g/mol. The molecule has 4 aliphatic heterocycles. The molecular formula is C58H62F2N8O5. The van der Waals surface area contributed by atoms with Crippen LogP contribution in [0, 0.1) is 35.3 Å². The number of piperidine rings is 2. The number of nitrogens with one attached hydrogen (secondary N) is 1. The average molecular weight is 989 g/mol. The standard InChI is InChI=1S/C58H62F2N8O5/c1-3-44-49(59)13-9-38-26-43(72)27-47(51(38)44)54-53(60)55-48(28-61-54)56(68-30-40-10-11-41(31-68)62-40)64-57(63-55)73-35-58(19-20-58)34-67-21-15-36(16-22-67)29-66-23-17-37(18-24-66)45-12-14-50(65(2)42(33-71)7-5-25-69)52-39(32-70)6-4-8-46(45)52/h1,4,6,8-9,12-14,25-28,32-33,36-37,40-42,62,72H,5,7,10-11,15-24,29-31,34-35H2,2H3. The number of carbonyl (C=O) groups is 3. The zero-order chi connectivity index (χ0) is 50.4. The highest BCUT2D eigenvalue weighted by Gasteiger charge is 2.46. The summed E-state index contributed by atoms with van der Waals surface area (Å²) >= 11 is 0. The van der Waals surface area contributed by atoms with Gasteiger partial charge in [0.25, 0.3) is 0 Å². The van der Waals surface area contributed by atoms with Crippen molar-refractivity contribution in [1.82, 2.24) is 30.1 Å². The molecule has 73 heavy (non-hydrogen) atoms. The van der Waals surface area contributed by atoms with Gasteiger partial charge < -0.3 is 44.3 Å². The average Bonchev–Trinajstić information content (AvgIpc) is 4.10. The Morgan fingerprint density at radius 3 is 2.41 bits per heavy atom. The van der Waals surface area contributed by atoms with Crippen molar-refractivity contribution in [3.05, 3.63) is 89.1 Å². The van der Waals surface area contributed by atoms with E-state index in [-0.39, 0.29) is 44.9 Å². The topological polar surface area (TPSA) is 144 Å². The first-order chi connectivity index (χ1) is 35.5. The number of hydrogen-bond acceptors (Lipinski definition) is 13. The molecule has 3 unspecified atom stereocenters. The number of fused-ring (bicyclic) bond motifs is 5. The van der Waals surface area contributed by atoms with E-state index in [2.05, 4.69) is 43.1 Å². The van der Waals surface area contributed by atoms with E-state index >= 15 is 8.78 Å². The number of aromatic hydroxyl groups is 1. The second kappa shape index (κ2) is 20.4. The number of phenolic OH excluding ortho intramolecular Hbond substituents is 1. The van der Waals surface area contributed by atoms with Crippen molar-refractivity contribution in [2.24, 2.45) is 11.3 Å². The highest BCUT2D eigenvalue weighted by Crippen LogP contribution is 2.48. The Labute approximate surface area is 424 Å². The molecule has 3 atom stereocenters. The van der Waals surface area contributed by atoms with Crippen LogP contribution in [0.5, 0.6) is 11.8 Å². The Kier molecular flexibility index (Phi) is 13.6. The minimum atomic E-state index is -0.729. The third kappa shape index (κ3) is 9.61. The quantitative estimate of drug-likeness (QED) is 0.0667. The van der Waals surface area contributed by atoms with E-state index < -0.39 is 17.7 Å². The number of ether oxygens (including phenoxy) is 1. The summed E-state index contributed by atoms with van der Waals surface area (Å²) in [6, 6.07) is 15.9. The highest BCUT2D eigenvalue weighted by molar-refractivity contribution is 6.07. The second-order valence-corrected chi connectivity index (χ2v) is 21.4. The largest absolute Gasteiger partial charge is 0.508 e. The fourth-order valence-corrected chi connectivity index (χ4v) is 12.5. The molecule has 2 aromatic heterocycles. The molecule has 11 rings (SSSR count). The van der Waals surface area contributed by atoms with Gasteiger partial charge in [0, 0.05) is 90.9 Å². The van der Waals surface area contributed by atoms with Crippen molar-refractivity contribution >= 4 is 62.8 Å². The molecule has 378 valence electrons. The van der Waals surface area contributed by atoms with Gasteiger partial charge in [0.2, 0.25) is 0 Å². The molecule has 6 heterocycles. The normalized spacial score (nSPS) is 20.8. The summed E-state index contributed by atoms with van der Waals surface area (Å²) in [5.41, 5.74) is 2.69. The molecule has 4 aromatic carbocycles. The highest BCUT2D eigenvalue weighted by atomic mass is 19.1. The lowest BCUT2D eigenvalue weighted by Crippen LogP contribution is -2.51. The number of nitrogens with zero attached hydrogens (tertiary/aromatic N) is 7. The van der Waals surface area contributed by atoms with Crippen LogP contribution in [0.25, 0.3) is 43.7 Å². The maximum Gasteiger partial charge on any atom is 0.319 e. The van der Waals surface area contributed by atoms with Crippen LogP contribution in [0.15, 0.2) is 60.8 Å². The second-order valence-electron chi connectivity index (χ2n) is 21.4. The van der Waals surface area contributed by atoms with Gasteiger partial charge in [-0.2, -0.15) is 9.97 Å². The van der Waals surface area contributed by atoms with E-state index in [0.29, 0.717) is 78.6 Å². The number of benzene rings is 4. The molecule has 0 amide bonds. The lowest BCUT2D eigenvalue weighted by molar-refractivity contribution is -0.109. The molecule has 1 saturated carbocycles. The molecule has 5 fully saturated rings. The van der Waals surface area contributed by atoms with Crippen molar-refractivity contribution in [3.63, 3.8) is 0 Å². The zero-order valence-corrected chi connectivity index (χ0v) is 41.4. The van der Waals surface area contributed by atoms with Crippen molar-refractivity contribution < 1.29 is 33.0 Å². The Morgan fingerprint density at radius 1 is 0.932 bits per heavy atom. The van der Waals surface area contributed by atoms with E-state index in [0.717, 1.165) is 126 Å². The molecule has 1 aliphatic carbocycles. The Balaban J connectivity index is 0.743. The summed E-state index contributed by atoms with van der Waals surface area (Å²) < 4.78 is 38.8. The van der Waals surface area contributed by atoms with Crippen molar-refractivity contribution in [2.75, 3.05) is 75.8 Å². The SMILES string of the molecule is C#Cc1c(F)ccc2cc(O)cc(-c3ncc4c(N5CC6CCC(C5)N6)nc(OCC5(CN6CCC(CN7CCC(c8ccc(N(C)C(C=O)CCC=O)c9c(C=O)cccc89)CC7)CC6)CC5)nc4c3F)c12. The predicted molar refractivity (Wildman–Crippen MR) is 280 cm³/mol. The number of pyridine rings is 1. The van der Waals surface area contributed by atoms with Crippen LogP contribution in [0.1, 0.15) is 91.6 Å². The number of terminal acetylenes is 1. The van der Waals surface area contributed by atoms with Gasteiger partial charge in [-0.25, -0.2) is 8.78 Å². The minimum absolute atomic E-state index is 0.0383. The fourth-order valence-electron chi connectivity index (χ4n) is 12.5. The van der Waals surface area contributed by atoms with E-state index in [9.17, 15) is 19.5 Å². The van der Waals surface area contributed by atoms with E-state index in [1.165, 1.54) is 29.8 Å². The molecule has 2 bridgehead atoms. The molecule has 2 N–H and O–H groups in total. The van der Waals surface area contributed by atoms with Crippen LogP contribution < -0.4 is 19.9 Å². The maximum atomic E-state index is 17.2. The van der Waals surface area contributed by atoms with Crippen LogP contribution in [0.4, 0.5) is 20.3 Å². The first kappa shape index (κ1) is 48.7. The first-order valence-corrected chi connectivity index (χ1v) is 26.1. The van der Waals surface area contributed by atoms with Gasteiger partial charge in [-0.3, -0.25) is 9.78 Å². The molecule has 0 spiro atoms. The number of halogens is 2. The monoisotopic (exact) mass is 988 g/mol. The zero-order valence-electron chi connectivity index (χ0n) is 41.4. The summed E-state index contributed by atoms with van der Waals surface area (Å²) in [7, 11) is 1.86. The number of piperazine rings is 1. The van der Waals surface area contributed by atoms with E-state index in [4.69, 9.17) is 21.1 Å². The van der Waals surface area contributed by atoms with E-state index in [1.807, 2.05) is 30.1 Å². The summed E-state index contributed by atoms with van der Waals surface area (Å²) in [6.07, 6.45) is 19.1. The van der Waals surface area contributed by atoms with Gasteiger partial charge in [0.15, 0.2) is 12.1 Å². The summed E-state index contributed by atoms with van der Waals surface area (Å²) in [5, 5.41) is 17.5. The number of carbonyl (C=O) groups excluding carboxylic acids is 3. The molecule has 6 aromatic rings. The van der Waals surface area contributed by atoms with Crippen molar-refractivity contribution in [1.29, 1.82) is 0 Å². The summed E-state index contributed by atoms with van der Waals surface area (Å²) in [4.78, 5) is 59.1. The number of likely N-dealkylation sites (tertiary alicyclic amines) is 2. The molecule has 4 saturated heterocycles. The lowest BCUT2D eigenvalue weighted by atomic mass is 9.84. The van der Waals surface area contributed by atoms with Gasteiger partial charge in [-0.1, -0.05) is 36.3 Å². The number of anilines is 2. The molecule has 15 heteroatoms. The summed E-state index contributed by atoms with van der Waals surface area (Å²) in [6.45, 7) is 7.88. The number of aromatic nitrogens is 3. The van der Waals surface area contributed by atoms with Gasteiger partial charge in [0.05, 0.1) is 23.6 Å². The molecule has 5 aliphatic rings. The van der Waals surface area contributed by atoms with Crippen LogP contribution >= 0.6 is 0 Å². The predicted octanol–water partition coefficient (Wildman–Crippen LogP) is 8.45. The van der Waals surface area contributed by atoms with Gasteiger partial charge in [-0.05, 0) is 136 Å². The third-order valence-corrected chi connectivity index (χ3v) is 16.7. The van der Waals surface area contributed by atoms with E-state index in [1.54, 1.807) is 6.20 Å². The molecule has 0 radical (unpaired) electrons. The number of phenols is 1. The first-order valence-electron chi connectivity index (χ1n) is 26.1. The van der Waals surface area contributed by atoms with Crippen LogP contribution in [0.3, 0.4) is 0 Å². The van der Waals surface area contributed by atoms with Crippen molar-refractivity contribution in [3.8, 4) is 35.4 Å². The van der Waals surface area contributed by atoms with Crippen LogP contribution in [-0.2, 0) is 9.59 Å². The van der Waals surface area contributed by atoms with Crippen LogP contribution in [0.2, 0.25) is 0 Å². The van der Waals surface area contributed by atoms with Crippen molar-refractivity contribution in [2.45, 2.75) is 88.3 Å². The maximum absolute atomic E-state index is 17.2. The third-order valence-electron chi connectivity index (χ3n) is 16.7. The van der Waals surface area contributed by atoms with Gasteiger partial charge in [-0.15, -0.1) is 6.42 Å². The number of hydrogen-bond donors (Lipinski definition) is 2. The fraction of sp³-hybridized carbons (Fsp3) is 0.448. The lowest BCUT2D eigenvalue weighted by Gasteiger charge is -2.39. The van der Waals surface area contributed by atoms with Gasteiger partial charge in [0.1, 0.15) is 41.2 Å². The minimum Gasteiger partial charge on any atom is -0.508 e. The summed E-state index contributed by atoms with van der Waals surface area (Å²) in [5.74, 6) is 2.47. The smallest absolute Gasteiger partial charge is 0.319 e.